The Hall–Kier alpha value is -1.26. The zero-order valence-corrected chi connectivity index (χ0v) is 7.82. The highest BCUT2D eigenvalue weighted by Gasteiger charge is 2.36. The van der Waals surface area contributed by atoms with Crippen LogP contribution in [0, 0.1) is 5.82 Å². The van der Waals surface area contributed by atoms with Crippen molar-refractivity contribution in [2.24, 2.45) is 0 Å². The lowest BCUT2D eigenvalue weighted by Crippen LogP contribution is -2.11. The summed E-state index contributed by atoms with van der Waals surface area (Å²) in [4.78, 5) is 0. The number of anilines is 1. The van der Waals surface area contributed by atoms with Gasteiger partial charge in [-0.3, -0.25) is 0 Å². The molecule has 14 heavy (non-hydrogen) atoms. The van der Waals surface area contributed by atoms with Crippen molar-refractivity contribution in [3.8, 4) is 0 Å². The molecule has 0 amide bonds. The number of hydrogen-bond donors (Lipinski definition) is 1. The number of nitrogens with two attached hydrogens (primary N) is 1. The molecule has 0 radical (unpaired) electrons. The van der Waals surface area contributed by atoms with E-state index in [2.05, 4.69) is 0 Å². The average molecular weight is 209 g/mol. The maximum atomic E-state index is 12.5. The Balaban J connectivity index is 0.000000791. The van der Waals surface area contributed by atoms with Gasteiger partial charge >= 0.3 is 6.18 Å². The van der Waals surface area contributed by atoms with Crippen LogP contribution in [0.4, 0.5) is 23.2 Å². The summed E-state index contributed by atoms with van der Waals surface area (Å²) in [6, 6.07) is 2.85. The van der Waals surface area contributed by atoms with Crippen LogP contribution in [0.2, 0.25) is 0 Å². The lowest BCUT2D eigenvalue weighted by atomic mass is 10.1. The van der Waals surface area contributed by atoms with E-state index in [-0.39, 0.29) is 0 Å². The van der Waals surface area contributed by atoms with Gasteiger partial charge in [-0.25, -0.2) is 4.39 Å². The first kappa shape index (κ1) is 12.7. The Morgan fingerprint density at radius 3 is 1.93 bits per heavy atom. The summed E-state index contributed by atoms with van der Waals surface area (Å²) in [6.45, 7) is 4.00. The second-order valence-electron chi connectivity index (χ2n) is 2.20. The molecule has 0 saturated heterocycles. The van der Waals surface area contributed by atoms with E-state index in [9.17, 15) is 17.6 Å². The summed E-state index contributed by atoms with van der Waals surface area (Å²) < 4.78 is 48.5. The summed E-state index contributed by atoms with van der Waals surface area (Å²) in [7, 11) is 0. The minimum Gasteiger partial charge on any atom is -0.398 e. The van der Waals surface area contributed by atoms with Crippen LogP contribution in [-0.2, 0) is 6.18 Å². The molecule has 1 aromatic carbocycles. The first-order valence-electron chi connectivity index (χ1n) is 4.04. The molecular weight excluding hydrogens is 198 g/mol. The molecule has 0 heterocycles. The van der Waals surface area contributed by atoms with Gasteiger partial charge in [0.05, 0.1) is 0 Å². The van der Waals surface area contributed by atoms with Crippen molar-refractivity contribution in [3.05, 3.63) is 29.6 Å². The predicted octanol–water partition coefficient (Wildman–Crippen LogP) is 3.45. The van der Waals surface area contributed by atoms with Crippen molar-refractivity contribution >= 4 is 5.69 Å². The number of halogens is 4. The molecule has 0 atom stereocenters. The van der Waals surface area contributed by atoms with Gasteiger partial charge < -0.3 is 5.73 Å². The van der Waals surface area contributed by atoms with Gasteiger partial charge in [0.1, 0.15) is 11.4 Å². The largest absolute Gasteiger partial charge is 0.421 e. The lowest BCUT2D eigenvalue weighted by Gasteiger charge is -2.09. The predicted molar refractivity (Wildman–Crippen MR) is 47.2 cm³/mol. The minimum absolute atomic E-state index is 0.595. The topological polar surface area (TPSA) is 26.0 Å². The molecule has 0 bridgehead atoms. The molecule has 0 unspecified atom stereocenters. The lowest BCUT2D eigenvalue weighted by molar-refractivity contribution is -0.139. The van der Waals surface area contributed by atoms with E-state index >= 15 is 0 Å². The number of hydrogen-bond acceptors (Lipinski definition) is 1. The Morgan fingerprint density at radius 1 is 1.14 bits per heavy atom. The van der Waals surface area contributed by atoms with Crippen LogP contribution in [0.1, 0.15) is 19.4 Å². The van der Waals surface area contributed by atoms with Gasteiger partial charge in [0.25, 0.3) is 0 Å². The van der Waals surface area contributed by atoms with Crippen molar-refractivity contribution in [1.82, 2.24) is 0 Å². The average Bonchev–Trinajstić information content (AvgIpc) is 2.05. The Kier molecular flexibility index (Phi) is 4.40. The van der Waals surface area contributed by atoms with Crippen LogP contribution in [0.25, 0.3) is 0 Å². The van der Waals surface area contributed by atoms with Crippen molar-refractivity contribution in [1.29, 1.82) is 0 Å². The van der Waals surface area contributed by atoms with E-state index in [1.54, 1.807) is 0 Å². The van der Waals surface area contributed by atoms with Crippen LogP contribution in [0.15, 0.2) is 18.2 Å². The van der Waals surface area contributed by atoms with Gasteiger partial charge in [0.2, 0.25) is 0 Å². The van der Waals surface area contributed by atoms with E-state index in [0.29, 0.717) is 0 Å². The Labute approximate surface area is 79.5 Å². The second-order valence-corrected chi connectivity index (χ2v) is 2.20. The fourth-order valence-electron chi connectivity index (χ4n) is 0.840. The van der Waals surface area contributed by atoms with Crippen molar-refractivity contribution < 1.29 is 17.6 Å². The SMILES string of the molecule is CC.Nc1cccc(F)c1C(F)(F)F. The second kappa shape index (κ2) is 4.83. The highest BCUT2D eigenvalue weighted by Crippen LogP contribution is 2.34. The molecule has 0 aliphatic heterocycles. The smallest absolute Gasteiger partial charge is 0.398 e. The fourth-order valence-corrected chi connectivity index (χ4v) is 0.840. The third-order valence-electron chi connectivity index (χ3n) is 1.33. The van der Waals surface area contributed by atoms with Crippen LogP contribution in [-0.4, -0.2) is 0 Å². The third-order valence-corrected chi connectivity index (χ3v) is 1.33. The van der Waals surface area contributed by atoms with Gasteiger partial charge in [0.15, 0.2) is 0 Å². The first-order chi connectivity index (χ1) is 6.43. The standard InChI is InChI=1S/C7H5F4N.C2H6/c8-4-2-1-3-5(12)6(4)7(9,10)11;1-2/h1-3H,12H2;1-2H3. The molecule has 0 spiro atoms. The molecule has 0 aliphatic rings. The summed E-state index contributed by atoms with van der Waals surface area (Å²) in [5, 5.41) is 0. The van der Waals surface area contributed by atoms with Gasteiger partial charge in [-0.05, 0) is 12.1 Å². The monoisotopic (exact) mass is 209 g/mol. The van der Waals surface area contributed by atoms with E-state index in [1.165, 1.54) is 0 Å². The quantitative estimate of drug-likeness (QED) is 0.514. The van der Waals surface area contributed by atoms with Crippen molar-refractivity contribution in [2.45, 2.75) is 20.0 Å². The molecule has 0 aromatic heterocycles. The first-order valence-corrected chi connectivity index (χ1v) is 4.04. The summed E-state index contributed by atoms with van der Waals surface area (Å²) in [6.07, 6.45) is -4.73. The van der Waals surface area contributed by atoms with Crippen LogP contribution in [0.5, 0.6) is 0 Å². The zero-order chi connectivity index (χ0) is 11.4. The zero-order valence-electron chi connectivity index (χ0n) is 7.82. The van der Waals surface area contributed by atoms with Crippen molar-refractivity contribution in [2.75, 3.05) is 5.73 Å². The van der Waals surface area contributed by atoms with Gasteiger partial charge in [-0.1, -0.05) is 19.9 Å². The van der Waals surface area contributed by atoms with Crippen LogP contribution >= 0.6 is 0 Å². The molecule has 80 valence electrons. The summed E-state index contributed by atoms with van der Waals surface area (Å²) in [5.74, 6) is -1.34. The van der Waals surface area contributed by atoms with E-state index in [4.69, 9.17) is 5.73 Å². The number of benzene rings is 1. The van der Waals surface area contributed by atoms with E-state index < -0.39 is 23.2 Å². The molecule has 2 N–H and O–H groups in total. The number of rotatable bonds is 0. The Morgan fingerprint density at radius 2 is 1.64 bits per heavy atom. The van der Waals surface area contributed by atoms with E-state index in [1.807, 2.05) is 13.8 Å². The normalized spacial score (nSPS) is 10.4. The minimum atomic E-state index is -4.73. The summed E-state index contributed by atoms with van der Waals surface area (Å²) >= 11 is 0. The molecule has 0 fully saturated rings. The molecule has 1 aromatic rings. The molecule has 0 aliphatic carbocycles. The van der Waals surface area contributed by atoms with Crippen molar-refractivity contribution in [3.63, 3.8) is 0 Å². The van der Waals surface area contributed by atoms with Gasteiger partial charge in [0, 0.05) is 5.69 Å². The van der Waals surface area contributed by atoms with E-state index in [0.717, 1.165) is 18.2 Å². The van der Waals surface area contributed by atoms with Gasteiger partial charge in [-0.2, -0.15) is 13.2 Å². The van der Waals surface area contributed by atoms with Gasteiger partial charge in [-0.15, -0.1) is 0 Å². The summed E-state index contributed by atoms with van der Waals surface area (Å²) in [5.41, 5.74) is 2.95. The molecule has 0 saturated carbocycles. The highest BCUT2D eigenvalue weighted by atomic mass is 19.4. The maximum absolute atomic E-state index is 12.5. The van der Waals surface area contributed by atoms with Crippen LogP contribution < -0.4 is 5.73 Å². The molecule has 1 nitrogen and oxygen atoms in total. The number of alkyl halides is 3. The van der Waals surface area contributed by atoms with Crippen LogP contribution in [0.3, 0.4) is 0 Å². The highest BCUT2D eigenvalue weighted by molar-refractivity contribution is 5.48. The molecule has 1 rings (SSSR count). The Bertz CT molecular complexity index is 273. The number of nitrogen functional groups attached to an aromatic ring is 1. The third kappa shape index (κ3) is 2.90. The molecule has 5 heteroatoms. The molecular formula is C9H11F4N. The maximum Gasteiger partial charge on any atom is 0.421 e. The fraction of sp³-hybridized carbons (Fsp3) is 0.333.